The predicted molar refractivity (Wildman–Crippen MR) is 94.3 cm³/mol. The van der Waals surface area contributed by atoms with E-state index in [1.54, 1.807) is 25.2 Å². The first-order valence-corrected chi connectivity index (χ1v) is 8.03. The van der Waals surface area contributed by atoms with Crippen LogP contribution in [0.3, 0.4) is 0 Å². The molecule has 0 aliphatic heterocycles. The van der Waals surface area contributed by atoms with Crippen LogP contribution in [0.2, 0.25) is 0 Å². The molecule has 0 aliphatic carbocycles. The number of aryl methyl sites for hydroxylation is 1. The van der Waals surface area contributed by atoms with Crippen molar-refractivity contribution in [3.63, 3.8) is 0 Å². The minimum Gasteiger partial charge on any atom is -0.488 e. The molecule has 1 atom stereocenters. The number of amides is 1. The van der Waals surface area contributed by atoms with Gasteiger partial charge in [0, 0.05) is 19.3 Å². The standard InChI is InChI=1S/C19H23FN2O3/c1-19(2,3)16(12-25-15-8-6-5-7-14(15)20)21-18(24)13-9-10-17(23)22(4)11-13/h5-11,16H,12H2,1-4H3,(H,21,24). The maximum Gasteiger partial charge on any atom is 0.253 e. The number of rotatable bonds is 5. The molecule has 6 heteroatoms. The smallest absolute Gasteiger partial charge is 0.253 e. The topological polar surface area (TPSA) is 60.3 Å². The fourth-order valence-corrected chi connectivity index (χ4v) is 2.21. The van der Waals surface area contributed by atoms with Crippen molar-refractivity contribution in [3.8, 4) is 5.75 Å². The SMILES string of the molecule is Cn1cc(C(=O)NC(COc2ccccc2F)C(C)(C)C)ccc1=O. The third-order valence-electron chi connectivity index (χ3n) is 3.94. The van der Waals surface area contributed by atoms with Gasteiger partial charge in [-0.15, -0.1) is 0 Å². The van der Waals surface area contributed by atoms with Crippen LogP contribution in [0, 0.1) is 11.2 Å². The molecule has 5 nitrogen and oxygen atoms in total. The lowest BCUT2D eigenvalue weighted by Gasteiger charge is -2.31. The van der Waals surface area contributed by atoms with Crippen LogP contribution < -0.4 is 15.6 Å². The zero-order chi connectivity index (χ0) is 18.6. The Bertz CT molecular complexity index is 809. The second-order valence-electron chi connectivity index (χ2n) is 7.00. The summed E-state index contributed by atoms with van der Waals surface area (Å²) in [6.07, 6.45) is 1.48. The highest BCUT2D eigenvalue weighted by Gasteiger charge is 2.28. The summed E-state index contributed by atoms with van der Waals surface area (Å²) in [5.41, 5.74) is -0.115. The highest BCUT2D eigenvalue weighted by atomic mass is 19.1. The molecule has 25 heavy (non-hydrogen) atoms. The van der Waals surface area contributed by atoms with Gasteiger partial charge in [-0.3, -0.25) is 9.59 Å². The Kier molecular flexibility index (Phi) is 5.62. The van der Waals surface area contributed by atoms with Crippen LogP contribution in [0.25, 0.3) is 0 Å². The molecule has 0 aliphatic rings. The van der Waals surface area contributed by atoms with E-state index in [4.69, 9.17) is 4.74 Å². The minimum atomic E-state index is -0.445. The summed E-state index contributed by atoms with van der Waals surface area (Å²) < 4.78 is 20.6. The van der Waals surface area contributed by atoms with Crippen LogP contribution in [-0.2, 0) is 7.05 Å². The van der Waals surface area contributed by atoms with Gasteiger partial charge in [-0.1, -0.05) is 32.9 Å². The van der Waals surface area contributed by atoms with Gasteiger partial charge in [0.05, 0.1) is 11.6 Å². The van der Waals surface area contributed by atoms with Gasteiger partial charge >= 0.3 is 0 Å². The number of carbonyl (C=O) groups is 1. The number of hydrogen-bond acceptors (Lipinski definition) is 3. The van der Waals surface area contributed by atoms with Gasteiger partial charge in [-0.2, -0.15) is 0 Å². The Hall–Kier alpha value is -2.63. The highest BCUT2D eigenvalue weighted by Crippen LogP contribution is 2.22. The van der Waals surface area contributed by atoms with E-state index in [1.165, 1.54) is 29.0 Å². The Morgan fingerprint density at radius 3 is 2.52 bits per heavy atom. The predicted octanol–water partition coefficient (Wildman–Crippen LogP) is 2.75. The Labute approximate surface area is 146 Å². The van der Waals surface area contributed by atoms with Gasteiger partial charge in [-0.05, 0) is 23.6 Å². The molecule has 1 aromatic heterocycles. The normalized spacial score (nSPS) is 12.5. The molecule has 0 radical (unpaired) electrons. The molecule has 1 heterocycles. The van der Waals surface area contributed by atoms with Crippen LogP contribution in [0.4, 0.5) is 4.39 Å². The third kappa shape index (κ3) is 4.92. The van der Waals surface area contributed by atoms with Crippen molar-refractivity contribution in [1.82, 2.24) is 9.88 Å². The van der Waals surface area contributed by atoms with Crippen LogP contribution in [0.1, 0.15) is 31.1 Å². The number of carbonyl (C=O) groups excluding carboxylic acids is 1. The monoisotopic (exact) mass is 346 g/mol. The number of nitrogens with one attached hydrogen (secondary N) is 1. The van der Waals surface area contributed by atoms with E-state index in [9.17, 15) is 14.0 Å². The van der Waals surface area contributed by atoms with E-state index in [0.717, 1.165) is 0 Å². The van der Waals surface area contributed by atoms with Gasteiger partial charge in [0.2, 0.25) is 5.56 Å². The van der Waals surface area contributed by atoms with Crippen LogP contribution in [0.15, 0.2) is 47.4 Å². The summed E-state index contributed by atoms with van der Waals surface area (Å²) in [6.45, 7) is 6.01. The molecule has 1 N–H and O–H groups in total. The molecule has 1 unspecified atom stereocenters. The third-order valence-corrected chi connectivity index (χ3v) is 3.94. The molecule has 2 rings (SSSR count). The largest absolute Gasteiger partial charge is 0.488 e. The summed E-state index contributed by atoms with van der Waals surface area (Å²) in [5, 5.41) is 2.91. The minimum absolute atomic E-state index is 0.127. The van der Waals surface area contributed by atoms with Crippen molar-refractivity contribution < 1.29 is 13.9 Å². The zero-order valence-corrected chi connectivity index (χ0v) is 14.9. The van der Waals surface area contributed by atoms with Gasteiger partial charge in [0.1, 0.15) is 6.61 Å². The number of aromatic nitrogens is 1. The van der Waals surface area contributed by atoms with Gasteiger partial charge in [0.15, 0.2) is 11.6 Å². The van der Waals surface area contributed by atoms with Gasteiger partial charge in [-0.25, -0.2) is 4.39 Å². The number of ether oxygens (including phenoxy) is 1. The van der Waals surface area contributed by atoms with Crippen molar-refractivity contribution in [2.24, 2.45) is 12.5 Å². The molecule has 0 saturated heterocycles. The molecule has 0 fully saturated rings. The van der Waals surface area contributed by atoms with Crippen molar-refractivity contribution in [3.05, 3.63) is 64.3 Å². The number of benzene rings is 1. The Morgan fingerprint density at radius 1 is 1.24 bits per heavy atom. The summed E-state index contributed by atoms with van der Waals surface area (Å²) in [6, 6.07) is 8.62. The van der Waals surface area contributed by atoms with Crippen molar-refractivity contribution in [2.75, 3.05) is 6.61 Å². The van der Waals surface area contributed by atoms with E-state index in [1.807, 2.05) is 20.8 Å². The number of pyridine rings is 1. The maximum absolute atomic E-state index is 13.7. The zero-order valence-electron chi connectivity index (χ0n) is 14.9. The molecule has 0 saturated carbocycles. The van der Waals surface area contributed by atoms with Crippen molar-refractivity contribution in [2.45, 2.75) is 26.8 Å². The second-order valence-corrected chi connectivity index (χ2v) is 7.00. The van der Waals surface area contributed by atoms with E-state index < -0.39 is 5.82 Å². The second kappa shape index (κ2) is 7.51. The molecular formula is C19H23FN2O3. The average molecular weight is 346 g/mol. The molecule has 2 aromatic rings. The lowest BCUT2D eigenvalue weighted by molar-refractivity contribution is 0.0859. The number of para-hydroxylation sites is 1. The summed E-state index contributed by atoms with van der Waals surface area (Å²) in [7, 11) is 1.58. The lowest BCUT2D eigenvalue weighted by Crippen LogP contribution is -2.47. The average Bonchev–Trinajstić information content (AvgIpc) is 2.54. The molecular weight excluding hydrogens is 323 g/mol. The Balaban J connectivity index is 2.12. The molecule has 0 bridgehead atoms. The van der Waals surface area contributed by atoms with E-state index >= 15 is 0 Å². The summed E-state index contributed by atoms with van der Waals surface area (Å²) in [5.74, 6) is -0.611. The highest BCUT2D eigenvalue weighted by molar-refractivity contribution is 5.94. The van der Waals surface area contributed by atoms with E-state index in [2.05, 4.69) is 5.32 Å². The fraction of sp³-hybridized carbons (Fsp3) is 0.368. The van der Waals surface area contributed by atoms with E-state index in [0.29, 0.717) is 5.56 Å². The lowest BCUT2D eigenvalue weighted by atomic mass is 9.87. The summed E-state index contributed by atoms with van der Waals surface area (Å²) in [4.78, 5) is 23.9. The maximum atomic E-state index is 13.7. The van der Waals surface area contributed by atoms with Gasteiger partial charge < -0.3 is 14.6 Å². The number of hydrogen-bond donors (Lipinski definition) is 1. The Morgan fingerprint density at radius 2 is 1.92 bits per heavy atom. The van der Waals surface area contributed by atoms with Crippen LogP contribution >= 0.6 is 0 Å². The van der Waals surface area contributed by atoms with Crippen molar-refractivity contribution in [1.29, 1.82) is 0 Å². The first kappa shape index (κ1) is 18.7. The summed E-state index contributed by atoms with van der Waals surface area (Å²) >= 11 is 0. The molecule has 0 spiro atoms. The fourth-order valence-electron chi connectivity index (χ4n) is 2.21. The number of nitrogens with zero attached hydrogens (tertiary/aromatic N) is 1. The molecule has 1 amide bonds. The number of halogens is 1. The van der Waals surface area contributed by atoms with Crippen LogP contribution in [-0.4, -0.2) is 23.1 Å². The first-order valence-electron chi connectivity index (χ1n) is 8.03. The van der Waals surface area contributed by atoms with Crippen LogP contribution in [0.5, 0.6) is 5.75 Å². The molecule has 1 aromatic carbocycles. The quantitative estimate of drug-likeness (QED) is 0.906. The van der Waals surface area contributed by atoms with Crippen molar-refractivity contribution >= 4 is 5.91 Å². The van der Waals surface area contributed by atoms with E-state index in [-0.39, 0.29) is 35.3 Å². The van der Waals surface area contributed by atoms with Gasteiger partial charge in [0.25, 0.3) is 5.91 Å². The molecule has 134 valence electrons. The first-order chi connectivity index (χ1) is 11.7.